The van der Waals surface area contributed by atoms with Gasteiger partial charge in [0.05, 0.1) is 0 Å². The van der Waals surface area contributed by atoms with E-state index in [1.54, 1.807) is 6.07 Å². The molecule has 1 amide bonds. The minimum atomic E-state index is -0.599. The van der Waals surface area contributed by atoms with Gasteiger partial charge in [-0.1, -0.05) is 15.9 Å². The van der Waals surface area contributed by atoms with Gasteiger partial charge < -0.3 is 10.6 Å². The first-order valence-corrected chi connectivity index (χ1v) is 7.45. The number of hydrogen-bond donors (Lipinski definition) is 2. The summed E-state index contributed by atoms with van der Waals surface area (Å²) in [6, 6.07) is 9.26. The molecule has 0 saturated heterocycles. The van der Waals surface area contributed by atoms with E-state index in [1.165, 1.54) is 12.1 Å². The first-order valence-electron chi connectivity index (χ1n) is 5.86. The lowest BCUT2D eigenvalue weighted by molar-refractivity contribution is -0.116. The predicted octanol–water partition coefficient (Wildman–Crippen LogP) is 4.46. The topological polar surface area (TPSA) is 41.1 Å². The molecule has 20 heavy (non-hydrogen) atoms. The highest BCUT2D eigenvalue weighted by atomic mass is 79.9. The standard InChI is InChI=1S/C14H9Br2FN2O/c15-7-1-3-12(10(16)5-7)18-13-9-6-8(17)2-4-11(9)19-14(13)20/h1-6,13,18H,(H,19,20). The third-order valence-electron chi connectivity index (χ3n) is 3.08. The van der Waals surface area contributed by atoms with Crippen molar-refractivity contribution in [3.63, 3.8) is 0 Å². The quantitative estimate of drug-likeness (QED) is 0.782. The Morgan fingerprint density at radius 2 is 1.95 bits per heavy atom. The Hall–Kier alpha value is -1.40. The maximum atomic E-state index is 13.4. The summed E-state index contributed by atoms with van der Waals surface area (Å²) in [6.07, 6.45) is 0. The van der Waals surface area contributed by atoms with Crippen LogP contribution < -0.4 is 10.6 Å². The van der Waals surface area contributed by atoms with Crippen LogP contribution in [0.5, 0.6) is 0 Å². The molecule has 0 spiro atoms. The lowest BCUT2D eigenvalue weighted by atomic mass is 10.1. The Balaban J connectivity index is 1.95. The Kier molecular flexibility index (Phi) is 3.52. The van der Waals surface area contributed by atoms with Crippen molar-refractivity contribution in [2.75, 3.05) is 10.6 Å². The summed E-state index contributed by atoms with van der Waals surface area (Å²) in [4.78, 5) is 12.0. The monoisotopic (exact) mass is 398 g/mol. The summed E-state index contributed by atoms with van der Waals surface area (Å²) in [6.45, 7) is 0. The molecule has 0 aliphatic carbocycles. The Bertz CT molecular complexity index is 706. The van der Waals surface area contributed by atoms with Gasteiger partial charge in [-0.2, -0.15) is 0 Å². The number of halogens is 3. The van der Waals surface area contributed by atoms with Crippen molar-refractivity contribution in [1.29, 1.82) is 0 Å². The molecule has 1 aliphatic rings. The van der Waals surface area contributed by atoms with Gasteiger partial charge in [0.2, 0.25) is 0 Å². The number of amides is 1. The second kappa shape index (κ2) is 5.18. The summed E-state index contributed by atoms with van der Waals surface area (Å²) >= 11 is 6.80. The number of benzene rings is 2. The van der Waals surface area contributed by atoms with Gasteiger partial charge in [0, 0.05) is 25.9 Å². The lowest BCUT2D eigenvalue weighted by Gasteiger charge is -2.14. The Morgan fingerprint density at radius 3 is 2.70 bits per heavy atom. The molecule has 102 valence electrons. The highest BCUT2D eigenvalue weighted by Gasteiger charge is 2.31. The van der Waals surface area contributed by atoms with Crippen LogP contribution in [0.25, 0.3) is 0 Å². The molecule has 1 atom stereocenters. The van der Waals surface area contributed by atoms with Crippen LogP contribution in [0.1, 0.15) is 11.6 Å². The van der Waals surface area contributed by atoms with Crippen molar-refractivity contribution < 1.29 is 9.18 Å². The summed E-state index contributed by atoms with van der Waals surface area (Å²) in [5.41, 5.74) is 2.03. The van der Waals surface area contributed by atoms with E-state index in [9.17, 15) is 9.18 Å². The zero-order valence-electron chi connectivity index (χ0n) is 10.1. The molecule has 2 N–H and O–H groups in total. The van der Waals surface area contributed by atoms with E-state index in [2.05, 4.69) is 42.5 Å². The fraction of sp³-hybridized carbons (Fsp3) is 0.0714. The predicted molar refractivity (Wildman–Crippen MR) is 83.2 cm³/mol. The average molecular weight is 400 g/mol. The van der Waals surface area contributed by atoms with Gasteiger partial charge in [0.25, 0.3) is 5.91 Å². The molecule has 0 saturated carbocycles. The van der Waals surface area contributed by atoms with Crippen LogP contribution in [-0.4, -0.2) is 5.91 Å². The number of carbonyl (C=O) groups excluding carboxylic acids is 1. The summed E-state index contributed by atoms with van der Waals surface area (Å²) < 4.78 is 15.1. The molecule has 1 heterocycles. The largest absolute Gasteiger partial charge is 0.369 e. The molecule has 0 bridgehead atoms. The van der Waals surface area contributed by atoms with Gasteiger partial charge in [-0.3, -0.25) is 4.79 Å². The highest BCUT2D eigenvalue weighted by molar-refractivity contribution is 9.11. The van der Waals surface area contributed by atoms with E-state index in [0.717, 1.165) is 14.6 Å². The van der Waals surface area contributed by atoms with Crippen LogP contribution in [0.2, 0.25) is 0 Å². The molecular formula is C14H9Br2FN2O. The summed E-state index contributed by atoms with van der Waals surface area (Å²) in [5.74, 6) is -0.553. The van der Waals surface area contributed by atoms with Gasteiger partial charge >= 0.3 is 0 Å². The molecule has 0 radical (unpaired) electrons. The van der Waals surface area contributed by atoms with Crippen LogP contribution in [0.15, 0.2) is 45.3 Å². The van der Waals surface area contributed by atoms with Gasteiger partial charge in [-0.05, 0) is 52.3 Å². The second-order valence-electron chi connectivity index (χ2n) is 4.42. The van der Waals surface area contributed by atoms with E-state index < -0.39 is 6.04 Å². The van der Waals surface area contributed by atoms with Gasteiger partial charge in [-0.15, -0.1) is 0 Å². The van der Waals surface area contributed by atoms with E-state index in [1.807, 2.05) is 18.2 Å². The number of carbonyl (C=O) groups is 1. The molecule has 2 aromatic carbocycles. The molecule has 0 fully saturated rings. The highest BCUT2D eigenvalue weighted by Crippen LogP contribution is 2.36. The first-order chi connectivity index (χ1) is 9.54. The zero-order chi connectivity index (χ0) is 14.3. The van der Waals surface area contributed by atoms with Crippen molar-refractivity contribution in [3.8, 4) is 0 Å². The van der Waals surface area contributed by atoms with E-state index in [4.69, 9.17) is 0 Å². The maximum Gasteiger partial charge on any atom is 0.251 e. The van der Waals surface area contributed by atoms with Crippen LogP contribution in [0.4, 0.5) is 15.8 Å². The van der Waals surface area contributed by atoms with Crippen molar-refractivity contribution in [2.24, 2.45) is 0 Å². The van der Waals surface area contributed by atoms with E-state index in [0.29, 0.717) is 11.3 Å². The van der Waals surface area contributed by atoms with Crippen LogP contribution in [0.3, 0.4) is 0 Å². The molecule has 0 aromatic heterocycles. The van der Waals surface area contributed by atoms with Crippen LogP contribution in [-0.2, 0) is 4.79 Å². The van der Waals surface area contributed by atoms with Gasteiger partial charge in [-0.25, -0.2) is 4.39 Å². The number of fused-ring (bicyclic) bond motifs is 1. The fourth-order valence-corrected chi connectivity index (χ4v) is 3.30. The SMILES string of the molecule is O=C1Nc2ccc(F)cc2C1Nc1ccc(Br)cc1Br. The molecule has 3 rings (SSSR count). The number of rotatable bonds is 2. The molecule has 6 heteroatoms. The zero-order valence-corrected chi connectivity index (χ0v) is 13.3. The van der Waals surface area contributed by atoms with E-state index >= 15 is 0 Å². The third kappa shape index (κ3) is 2.45. The van der Waals surface area contributed by atoms with Gasteiger partial charge in [0.1, 0.15) is 11.9 Å². The minimum Gasteiger partial charge on any atom is -0.369 e. The maximum absolute atomic E-state index is 13.4. The molecular weight excluding hydrogens is 391 g/mol. The third-order valence-corrected chi connectivity index (χ3v) is 4.22. The normalized spacial score (nSPS) is 16.8. The van der Waals surface area contributed by atoms with E-state index in [-0.39, 0.29) is 11.7 Å². The van der Waals surface area contributed by atoms with Crippen molar-refractivity contribution in [2.45, 2.75) is 6.04 Å². The first kappa shape index (κ1) is 13.6. The number of nitrogens with one attached hydrogen (secondary N) is 2. The Morgan fingerprint density at radius 1 is 1.15 bits per heavy atom. The van der Waals surface area contributed by atoms with Crippen molar-refractivity contribution in [1.82, 2.24) is 0 Å². The average Bonchev–Trinajstić information content (AvgIpc) is 2.69. The smallest absolute Gasteiger partial charge is 0.251 e. The molecule has 1 unspecified atom stereocenters. The van der Waals surface area contributed by atoms with Crippen molar-refractivity contribution in [3.05, 3.63) is 56.7 Å². The van der Waals surface area contributed by atoms with Crippen LogP contribution >= 0.6 is 31.9 Å². The second-order valence-corrected chi connectivity index (χ2v) is 6.19. The summed E-state index contributed by atoms with van der Waals surface area (Å²) in [5, 5.41) is 5.86. The molecule has 2 aromatic rings. The fourth-order valence-electron chi connectivity index (χ4n) is 2.14. The Labute approximate surface area is 131 Å². The molecule has 1 aliphatic heterocycles. The lowest BCUT2D eigenvalue weighted by Crippen LogP contribution is -2.19. The van der Waals surface area contributed by atoms with Gasteiger partial charge in [0.15, 0.2) is 0 Å². The van der Waals surface area contributed by atoms with Crippen molar-refractivity contribution >= 4 is 49.1 Å². The number of hydrogen-bond acceptors (Lipinski definition) is 2. The molecule has 3 nitrogen and oxygen atoms in total. The number of anilines is 2. The minimum absolute atomic E-state index is 0.194. The van der Waals surface area contributed by atoms with Crippen LogP contribution in [0, 0.1) is 5.82 Å². The summed E-state index contributed by atoms with van der Waals surface area (Å²) in [7, 11) is 0.